The predicted molar refractivity (Wildman–Crippen MR) is 173 cm³/mol. The number of ether oxygens (including phenoxy) is 1. The Morgan fingerprint density at radius 2 is 1.98 bits per heavy atom. The van der Waals surface area contributed by atoms with E-state index in [1.165, 1.54) is 24.7 Å². The van der Waals surface area contributed by atoms with Gasteiger partial charge in [-0.3, -0.25) is 19.8 Å². The standard InChI is InChI=1S/C32H35ClF3N9O3/c1-32(2,3)10-11-38-30(37)45(28(46)22-8-4-18(13-25(22)34)20-14-41-44(15-20)29(35)36)26(16-48-31(47)42-21-6-7-21)19-5-9-24(33)23(12-19)27-39-17-40-43-27/h4-5,8-9,12-15,17,21,26,29H,6-7,10-11,16H2,1-3H3,(H2,37,38)(H,42,47)(H,39,40,43)/t26-/m1/s1. The number of rotatable bonds is 11. The molecule has 1 saturated carbocycles. The maximum atomic E-state index is 15.8. The van der Waals surface area contributed by atoms with Gasteiger partial charge in [0, 0.05) is 29.9 Å². The molecule has 16 heteroatoms. The first kappa shape index (κ1) is 34.4. The van der Waals surface area contributed by atoms with Crippen molar-refractivity contribution in [1.29, 1.82) is 0 Å². The number of H-pyrrole nitrogens is 1. The zero-order valence-electron chi connectivity index (χ0n) is 26.5. The van der Waals surface area contributed by atoms with E-state index in [1.807, 2.05) is 20.8 Å². The van der Waals surface area contributed by atoms with Gasteiger partial charge in [-0.15, -0.1) is 0 Å². The van der Waals surface area contributed by atoms with E-state index in [-0.39, 0.29) is 47.3 Å². The number of nitrogens with two attached hydrogens (primary N) is 1. The second-order valence-electron chi connectivity index (χ2n) is 12.5. The predicted octanol–water partition coefficient (Wildman–Crippen LogP) is 6.35. The van der Waals surface area contributed by atoms with Gasteiger partial charge in [-0.05, 0) is 60.1 Å². The number of hydrogen-bond acceptors (Lipinski definition) is 7. The van der Waals surface area contributed by atoms with Crippen LogP contribution >= 0.6 is 11.6 Å². The number of benzene rings is 2. The maximum Gasteiger partial charge on any atom is 0.407 e. The number of aromatic amines is 1. The lowest BCUT2D eigenvalue weighted by Crippen LogP contribution is -2.47. The highest BCUT2D eigenvalue weighted by Gasteiger charge is 2.34. The molecule has 2 aromatic heterocycles. The topological polar surface area (TPSA) is 156 Å². The Balaban J connectivity index is 1.56. The molecule has 0 saturated heterocycles. The van der Waals surface area contributed by atoms with E-state index in [0.717, 1.165) is 30.0 Å². The molecule has 0 aliphatic heterocycles. The molecule has 4 aromatic rings. The molecule has 48 heavy (non-hydrogen) atoms. The zero-order chi connectivity index (χ0) is 34.6. The number of guanidine groups is 1. The monoisotopic (exact) mass is 685 g/mol. The number of aromatic nitrogens is 5. The average Bonchev–Trinajstić information content (AvgIpc) is 3.45. The fourth-order valence-electron chi connectivity index (χ4n) is 4.76. The van der Waals surface area contributed by atoms with Crippen LogP contribution in [0.15, 0.2) is 60.1 Å². The summed E-state index contributed by atoms with van der Waals surface area (Å²) in [6.07, 6.45) is 5.12. The van der Waals surface area contributed by atoms with Crippen molar-refractivity contribution in [3.05, 3.63) is 77.1 Å². The van der Waals surface area contributed by atoms with Crippen LogP contribution in [0.2, 0.25) is 5.02 Å². The van der Waals surface area contributed by atoms with Crippen molar-refractivity contribution in [2.75, 3.05) is 13.2 Å². The van der Waals surface area contributed by atoms with Gasteiger partial charge in [0.1, 0.15) is 18.8 Å². The van der Waals surface area contributed by atoms with Gasteiger partial charge in [0.2, 0.25) is 0 Å². The molecule has 12 nitrogen and oxygen atoms in total. The third kappa shape index (κ3) is 8.51. The molecule has 2 amide bonds. The molecule has 0 unspecified atom stereocenters. The number of aliphatic imine (C=N–C) groups is 1. The number of nitrogens with zero attached hydrogens (tertiary/aromatic N) is 6. The summed E-state index contributed by atoms with van der Waals surface area (Å²) in [4.78, 5) is 36.7. The Morgan fingerprint density at radius 1 is 1.21 bits per heavy atom. The minimum Gasteiger partial charge on any atom is -0.447 e. The number of nitrogens with one attached hydrogen (secondary N) is 2. The van der Waals surface area contributed by atoms with Crippen molar-refractivity contribution in [3.63, 3.8) is 0 Å². The van der Waals surface area contributed by atoms with Gasteiger partial charge in [0.05, 0.1) is 22.8 Å². The Labute approximate surface area is 279 Å². The van der Waals surface area contributed by atoms with Crippen LogP contribution in [0.25, 0.3) is 22.5 Å². The molecule has 0 spiro atoms. The number of amides is 2. The van der Waals surface area contributed by atoms with Crippen LogP contribution in [-0.2, 0) is 4.74 Å². The van der Waals surface area contributed by atoms with Crippen LogP contribution in [-0.4, -0.2) is 67.0 Å². The summed E-state index contributed by atoms with van der Waals surface area (Å²) in [5.41, 5.74) is 7.34. The smallest absolute Gasteiger partial charge is 0.407 e. The van der Waals surface area contributed by atoms with Crippen molar-refractivity contribution >= 4 is 29.6 Å². The third-order valence-corrected chi connectivity index (χ3v) is 7.89. The first-order valence-corrected chi connectivity index (χ1v) is 15.5. The molecular weight excluding hydrogens is 651 g/mol. The highest BCUT2D eigenvalue weighted by atomic mass is 35.5. The molecule has 1 atom stereocenters. The Hall–Kier alpha value is -4.92. The summed E-state index contributed by atoms with van der Waals surface area (Å²) < 4.78 is 48.0. The van der Waals surface area contributed by atoms with E-state index in [4.69, 9.17) is 22.1 Å². The molecule has 5 rings (SSSR count). The van der Waals surface area contributed by atoms with Crippen LogP contribution in [0.3, 0.4) is 0 Å². The second kappa shape index (κ2) is 14.5. The van der Waals surface area contributed by atoms with Crippen LogP contribution in [0.1, 0.15) is 68.5 Å². The lowest BCUT2D eigenvalue weighted by Gasteiger charge is -2.32. The molecule has 2 aromatic carbocycles. The number of alkyl halides is 2. The van der Waals surface area contributed by atoms with Crippen LogP contribution < -0.4 is 11.1 Å². The first-order valence-electron chi connectivity index (χ1n) is 15.1. The van der Waals surface area contributed by atoms with Gasteiger partial charge in [0.25, 0.3) is 5.91 Å². The molecule has 4 N–H and O–H groups in total. The van der Waals surface area contributed by atoms with Crippen LogP contribution in [0.4, 0.5) is 18.0 Å². The van der Waals surface area contributed by atoms with E-state index >= 15 is 4.39 Å². The van der Waals surface area contributed by atoms with Gasteiger partial charge in [-0.25, -0.2) is 18.9 Å². The largest absolute Gasteiger partial charge is 0.447 e. The van der Waals surface area contributed by atoms with Gasteiger partial charge in [-0.2, -0.15) is 19.0 Å². The highest BCUT2D eigenvalue weighted by Crippen LogP contribution is 2.33. The number of hydrogen-bond donors (Lipinski definition) is 3. The molecule has 1 fully saturated rings. The Bertz CT molecular complexity index is 1790. The van der Waals surface area contributed by atoms with Crippen molar-refractivity contribution in [2.45, 2.75) is 58.7 Å². The molecule has 0 bridgehead atoms. The van der Waals surface area contributed by atoms with Crippen molar-refractivity contribution in [2.24, 2.45) is 16.1 Å². The molecule has 1 aliphatic carbocycles. The maximum absolute atomic E-state index is 15.8. The van der Waals surface area contributed by atoms with Crippen molar-refractivity contribution in [3.8, 4) is 22.5 Å². The summed E-state index contributed by atoms with van der Waals surface area (Å²) in [5.74, 6) is -1.72. The number of carbonyl (C=O) groups excluding carboxylic acids is 2. The zero-order valence-corrected chi connectivity index (χ0v) is 27.2. The minimum atomic E-state index is -2.87. The fourth-order valence-corrected chi connectivity index (χ4v) is 4.96. The number of carbonyl (C=O) groups is 2. The molecule has 254 valence electrons. The second-order valence-corrected chi connectivity index (χ2v) is 12.9. The van der Waals surface area contributed by atoms with Crippen molar-refractivity contribution < 1.29 is 27.5 Å². The van der Waals surface area contributed by atoms with Crippen molar-refractivity contribution in [1.82, 2.24) is 35.2 Å². The van der Waals surface area contributed by atoms with E-state index in [1.54, 1.807) is 18.2 Å². The highest BCUT2D eigenvalue weighted by molar-refractivity contribution is 6.33. The molecule has 1 aliphatic rings. The van der Waals surface area contributed by atoms with Gasteiger partial charge in [-0.1, -0.05) is 44.5 Å². The van der Waals surface area contributed by atoms with Gasteiger partial charge in [0.15, 0.2) is 11.8 Å². The van der Waals surface area contributed by atoms with E-state index < -0.39 is 30.4 Å². The van der Waals surface area contributed by atoms with Crippen LogP contribution in [0, 0.1) is 11.2 Å². The Morgan fingerprint density at radius 3 is 2.60 bits per heavy atom. The quantitative estimate of drug-likeness (QED) is 0.123. The molecular formula is C32H35ClF3N9O3. The summed E-state index contributed by atoms with van der Waals surface area (Å²) in [5, 5.41) is 13.3. The van der Waals surface area contributed by atoms with E-state index in [0.29, 0.717) is 33.1 Å². The SMILES string of the molecule is CC(C)(C)CCN=C(N)N(C(=O)c1ccc(-c2cnn(C(F)F)c2)cc1F)[C@H](COC(=O)NC1CC1)c1ccc(Cl)c(-c2ncn[nH]2)c1. The summed E-state index contributed by atoms with van der Waals surface area (Å²) >= 11 is 6.49. The lowest BCUT2D eigenvalue weighted by molar-refractivity contribution is 0.0566. The number of alkyl carbamates (subject to hydrolysis) is 1. The third-order valence-electron chi connectivity index (χ3n) is 7.56. The van der Waals surface area contributed by atoms with E-state index in [2.05, 4.69) is 30.6 Å². The fraction of sp³-hybridized carbons (Fsp3) is 0.375. The van der Waals surface area contributed by atoms with Gasteiger partial charge < -0.3 is 15.8 Å². The van der Waals surface area contributed by atoms with Gasteiger partial charge >= 0.3 is 12.6 Å². The Kier molecular flexibility index (Phi) is 10.4. The average molecular weight is 686 g/mol. The number of halogens is 4. The minimum absolute atomic E-state index is 0.00622. The summed E-state index contributed by atoms with van der Waals surface area (Å²) in [6.45, 7) is 3.06. The van der Waals surface area contributed by atoms with Crippen LogP contribution in [0.5, 0.6) is 0 Å². The lowest BCUT2D eigenvalue weighted by atomic mass is 9.92. The summed E-state index contributed by atoms with van der Waals surface area (Å²) in [7, 11) is 0. The normalized spacial score (nSPS) is 14.2. The molecule has 0 radical (unpaired) electrons. The molecule has 2 heterocycles. The van der Waals surface area contributed by atoms with E-state index in [9.17, 15) is 18.4 Å². The summed E-state index contributed by atoms with van der Waals surface area (Å²) in [6, 6.07) is 7.42. The first-order chi connectivity index (χ1) is 22.8.